The summed E-state index contributed by atoms with van der Waals surface area (Å²) in [6.45, 7) is 1.84. The number of carboxylic acid groups (broad SMARTS) is 1. The largest absolute Gasteiger partial charge is 0.508 e. The maximum atomic E-state index is 13.1. The maximum Gasteiger partial charge on any atom is 0.326 e. The minimum atomic E-state index is -1.26. The summed E-state index contributed by atoms with van der Waals surface area (Å²) in [6.07, 6.45) is 3.50. The van der Waals surface area contributed by atoms with Crippen molar-refractivity contribution in [2.75, 3.05) is 6.54 Å². The number of phenolic OH excluding ortho intramolecular Hbond substituents is 1. The van der Waals surface area contributed by atoms with Gasteiger partial charge in [0.25, 0.3) is 0 Å². The number of carbonyl (C=O) groups is 4. The van der Waals surface area contributed by atoms with Gasteiger partial charge in [-0.1, -0.05) is 30.3 Å². The second kappa shape index (κ2) is 14.8. The number of amides is 3. The second-order valence-electron chi connectivity index (χ2n) is 10.0. The summed E-state index contributed by atoms with van der Waals surface area (Å²) in [7, 11) is 0. The van der Waals surface area contributed by atoms with Crippen molar-refractivity contribution < 1.29 is 29.4 Å². The molecule has 3 amide bonds. The average Bonchev–Trinajstić information content (AvgIpc) is 3.35. The van der Waals surface area contributed by atoms with Crippen molar-refractivity contribution in [2.45, 2.75) is 63.2 Å². The fourth-order valence-electron chi connectivity index (χ4n) is 4.41. The van der Waals surface area contributed by atoms with Crippen LogP contribution in [0.25, 0.3) is 10.9 Å². The minimum Gasteiger partial charge on any atom is -0.508 e. The molecule has 2 aromatic carbocycles. The first kappa shape index (κ1) is 31.1. The van der Waals surface area contributed by atoms with Crippen LogP contribution in [0, 0.1) is 0 Å². The highest BCUT2D eigenvalue weighted by Crippen LogP contribution is 2.19. The van der Waals surface area contributed by atoms with Gasteiger partial charge in [0.15, 0.2) is 0 Å². The molecule has 0 spiro atoms. The molecule has 0 bridgehead atoms. The first-order valence-corrected chi connectivity index (χ1v) is 13.5. The van der Waals surface area contributed by atoms with Crippen LogP contribution in [0.3, 0.4) is 0 Å². The van der Waals surface area contributed by atoms with Gasteiger partial charge in [0.1, 0.15) is 23.9 Å². The number of H-pyrrole nitrogens is 1. The highest BCUT2D eigenvalue weighted by Gasteiger charge is 2.28. The molecule has 0 saturated carbocycles. The lowest BCUT2D eigenvalue weighted by Crippen LogP contribution is -2.56. The van der Waals surface area contributed by atoms with Crippen LogP contribution in [-0.2, 0) is 32.0 Å². The lowest BCUT2D eigenvalue weighted by Gasteiger charge is -2.23. The number of aromatic amines is 1. The Kier molecular flexibility index (Phi) is 11.2. The Bertz CT molecular complexity index is 1340. The number of hydrogen-bond donors (Lipinski definition) is 8. The first-order chi connectivity index (χ1) is 19.6. The molecule has 12 nitrogen and oxygen atoms in total. The van der Waals surface area contributed by atoms with Crippen molar-refractivity contribution >= 4 is 34.6 Å². The average molecular weight is 567 g/mol. The van der Waals surface area contributed by atoms with Gasteiger partial charge in [0.2, 0.25) is 17.7 Å². The smallest absolute Gasteiger partial charge is 0.326 e. The molecule has 3 aromatic rings. The molecule has 0 aliphatic heterocycles. The minimum absolute atomic E-state index is 0.0197. The molecule has 0 fully saturated rings. The quantitative estimate of drug-likeness (QED) is 0.122. The van der Waals surface area contributed by atoms with E-state index in [-0.39, 0.29) is 25.0 Å². The Morgan fingerprint density at radius 1 is 0.878 bits per heavy atom. The highest BCUT2D eigenvalue weighted by atomic mass is 16.4. The molecule has 4 atom stereocenters. The number of nitrogens with one attached hydrogen (secondary N) is 4. The molecule has 3 rings (SSSR count). The molecule has 12 heteroatoms. The Hall–Kier alpha value is -4.42. The number of hydrogen-bond acceptors (Lipinski definition) is 7. The molecule has 0 aliphatic carbocycles. The van der Waals surface area contributed by atoms with Crippen molar-refractivity contribution in [3.8, 4) is 5.75 Å². The Morgan fingerprint density at radius 3 is 2.24 bits per heavy atom. The predicted octanol–water partition coefficient (Wildman–Crippen LogP) is 0.674. The van der Waals surface area contributed by atoms with Crippen molar-refractivity contribution in [1.29, 1.82) is 0 Å². The van der Waals surface area contributed by atoms with E-state index in [2.05, 4.69) is 20.9 Å². The molecule has 0 saturated heterocycles. The van der Waals surface area contributed by atoms with E-state index in [1.807, 2.05) is 24.3 Å². The summed E-state index contributed by atoms with van der Waals surface area (Å²) in [5.74, 6) is -3.02. The monoisotopic (exact) mass is 566 g/mol. The number of fused-ring (bicyclic) bond motifs is 1. The van der Waals surface area contributed by atoms with E-state index in [1.165, 1.54) is 19.1 Å². The standard InChI is InChI=1S/C29H38N6O6/c1-17(26(37)35-25(29(40)41)14-18-9-11-20(36)12-10-18)33-28(39)24(8-4-5-13-30)34-27(38)22(31)15-19-16-32-23-7-3-2-6-21(19)23/h2-3,6-7,9-12,16-17,22,24-25,32,36H,4-5,8,13-15,30-31H2,1H3,(H,33,39)(H,34,38)(H,35,37)(H,40,41). The number of phenols is 1. The molecule has 0 aliphatic rings. The maximum absolute atomic E-state index is 13.1. The van der Waals surface area contributed by atoms with Crippen LogP contribution in [0.5, 0.6) is 5.75 Å². The summed E-state index contributed by atoms with van der Waals surface area (Å²) in [4.78, 5) is 53.8. The molecular formula is C29H38N6O6. The lowest BCUT2D eigenvalue weighted by molar-refractivity contribution is -0.142. The van der Waals surface area contributed by atoms with Gasteiger partial charge in [-0.15, -0.1) is 0 Å². The Labute approximate surface area is 237 Å². The van der Waals surface area contributed by atoms with Crippen LogP contribution in [-0.4, -0.2) is 69.6 Å². The summed E-state index contributed by atoms with van der Waals surface area (Å²) in [5.41, 5.74) is 14.2. The molecule has 0 radical (unpaired) electrons. The highest BCUT2D eigenvalue weighted by molar-refractivity contribution is 5.94. The van der Waals surface area contributed by atoms with Gasteiger partial charge in [-0.05, 0) is 68.5 Å². The Balaban J connectivity index is 1.60. The first-order valence-electron chi connectivity index (χ1n) is 13.5. The molecule has 1 aromatic heterocycles. The van der Waals surface area contributed by atoms with Crippen molar-refractivity contribution in [3.05, 3.63) is 65.9 Å². The number of aliphatic carboxylic acids is 1. The zero-order valence-corrected chi connectivity index (χ0v) is 22.9. The van der Waals surface area contributed by atoms with E-state index in [0.29, 0.717) is 24.9 Å². The summed E-state index contributed by atoms with van der Waals surface area (Å²) in [6, 6.07) is 9.38. The van der Waals surface area contributed by atoms with Gasteiger partial charge >= 0.3 is 5.97 Å². The number of carbonyl (C=O) groups excluding carboxylic acids is 3. The van der Waals surface area contributed by atoms with E-state index >= 15 is 0 Å². The van der Waals surface area contributed by atoms with Gasteiger partial charge in [-0.25, -0.2) is 4.79 Å². The van der Waals surface area contributed by atoms with Gasteiger partial charge in [-0.2, -0.15) is 0 Å². The third-order valence-electron chi connectivity index (χ3n) is 6.77. The number of rotatable bonds is 15. The third-order valence-corrected chi connectivity index (χ3v) is 6.77. The van der Waals surface area contributed by atoms with Crippen molar-refractivity contribution in [2.24, 2.45) is 11.5 Å². The number of aromatic hydroxyl groups is 1. The molecule has 4 unspecified atom stereocenters. The number of para-hydroxylation sites is 1. The Morgan fingerprint density at radius 2 is 1.56 bits per heavy atom. The van der Waals surface area contributed by atoms with Crippen LogP contribution < -0.4 is 27.4 Å². The lowest BCUT2D eigenvalue weighted by atomic mass is 10.0. The number of nitrogens with two attached hydrogens (primary N) is 2. The molecular weight excluding hydrogens is 528 g/mol. The fourth-order valence-corrected chi connectivity index (χ4v) is 4.41. The van der Waals surface area contributed by atoms with Crippen molar-refractivity contribution in [3.63, 3.8) is 0 Å². The van der Waals surface area contributed by atoms with Crippen LogP contribution in [0.1, 0.15) is 37.3 Å². The molecule has 1 heterocycles. The topological polar surface area (TPSA) is 213 Å². The van der Waals surface area contributed by atoms with Gasteiger partial charge in [0, 0.05) is 23.5 Å². The molecule has 10 N–H and O–H groups in total. The summed E-state index contributed by atoms with van der Waals surface area (Å²) in [5, 5.41) is 27.7. The van der Waals surface area contributed by atoms with E-state index in [1.54, 1.807) is 18.3 Å². The van der Waals surface area contributed by atoms with E-state index < -0.39 is 47.9 Å². The van der Waals surface area contributed by atoms with Gasteiger partial charge in [0.05, 0.1) is 6.04 Å². The summed E-state index contributed by atoms with van der Waals surface area (Å²) >= 11 is 0. The summed E-state index contributed by atoms with van der Waals surface area (Å²) < 4.78 is 0. The zero-order valence-electron chi connectivity index (χ0n) is 22.9. The zero-order chi connectivity index (χ0) is 29.9. The third kappa shape index (κ3) is 9.05. The van der Waals surface area contributed by atoms with Crippen molar-refractivity contribution in [1.82, 2.24) is 20.9 Å². The number of benzene rings is 2. The van der Waals surface area contributed by atoms with Crippen LogP contribution >= 0.6 is 0 Å². The fraction of sp³-hybridized carbons (Fsp3) is 0.379. The van der Waals surface area contributed by atoms with E-state index in [0.717, 1.165) is 16.5 Å². The SMILES string of the molecule is CC(NC(=O)C(CCCCN)NC(=O)C(N)Cc1c[nH]c2ccccc12)C(=O)NC(Cc1ccc(O)cc1)C(=O)O. The van der Waals surface area contributed by atoms with E-state index in [4.69, 9.17) is 11.5 Å². The van der Waals surface area contributed by atoms with Crippen LogP contribution in [0.4, 0.5) is 0 Å². The van der Waals surface area contributed by atoms with Crippen LogP contribution in [0.2, 0.25) is 0 Å². The number of carboxylic acids is 1. The number of unbranched alkanes of at least 4 members (excludes halogenated alkanes) is 1. The molecule has 220 valence electrons. The normalized spacial score (nSPS) is 14.0. The second-order valence-corrected chi connectivity index (χ2v) is 10.0. The van der Waals surface area contributed by atoms with Gasteiger partial charge in [-0.3, -0.25) is 14.4 Å². The number of aromatic nitrogens is 1. The predicted molar refractivity (Wildman–Crippen MR) is 154 cm³/mol. The van der Waals surface area contributed by atoms with Gasteiger partial charge < -0.3 is 42.6 Å². The van der Waals surface area contributed by atoms with E-state index in [9.17, 15) is 29.4 Å². The molecule has 41 heavy (non-hydrogen) atoms. The van der Waals surface area contributed by atoms with Crippen LogP contribution in [0.15, 0.2) is 54.7 Å².